The molecule has 0 fully saturated rings. The van der Waals surface area contributed by atoms with Gasteiger partial charge in [-0.05, 0) is 71.1 Å². The Morgan fingerprint density at radius 1 is 0.737 bits per heavy atom. The van der Waals surface area contributed by atoms with Gasteiger partial charge in [-0.2, -0.15) is 0 Å². The summed E-state index contributed by atoms with van der Waals surface area (Å²) in [6, 6.07) is 26.0. The summed E-state index contributed by atoms with van der Waals surface area (Å²) in [7, 11) is 0. The summed E-state index contributed by atoms with van der Waals surface area (Å²) >= 11 is 0. The number of rotatable bonds is 11. The minimum Gasteiger partial charge on any atom is -0.508 e. The smallest absolute Gasteiger partial charge is 0.336 e. The van der Waals surface area contributed by atoms with Crippen molar-refractivity contribution in [2.75, 3.05) is 10.8 Å². The normalized spacial score (nSPS) is 10.7. The standard InChI is InChI=1S/C29H26N2O7/c32-25-13-14-26(29(34)35)27(16-25)28(33)30-23-9-5-19(6-10-23)15-20-7-11-24(12-8-20)31-37-17-21-3-1-2-4-22(21)18-38-36/h1-14,16,31-32,36H,15,17-18H2,(H,30,33)(H,34,35). The molecule has 0 radical (unpaired) electrons. The van der Waals surface area contributed by atoms with E-state index in [0.29, 0.717) is 18.7 Å². The fraction of sp³-hybridized carbons (Fsp3) is 0.103. The Morgan fingerprint density at radius 3 is 1.95 bits per heavy atom. The molecule has 0 atom stereocenters. The van der Waals surface area contributed by atoms with Gasteiger partial charge in [-0.15, -0.1) is 0 Å². The number of phenols is 1. The van der Waals surface area contributed by atoms with Crippen molar-refractivity contribution in [3.63, 3.8) is 0 Å². The van der Waals surface area contributed by atoms with Crippen molar-refractivity contribution in [3.8, 4) is 5.75 Å². The number of nitrogens with one attached hydrogen (secondary N) is 2. The summed E-state index contributed by atoms with van der Waals surface area (Å²) in [5.74, 6) is -2.07. The van der Waals surface area contributed by atoms with Crippen LogP contribution in [0.2, 0.25) is 0 Å². The van der Waals surface area contributed by atoms with E-state index in [-0.39, 0.29) is 23.5 Å². The Hall–Kier alpha value is -4.70. The summed E-state index contributed by atoms with van der Waals surface area (Å²) < 4.78 is 0. The zero-order valence-corrected chi connectivity index (χ0v) is 20.3. The van der Waals surface area contributed by atoms with Crippen LogP contribution >= 0.6 is 0 Å². The van der Waals surface area contributed by atoms with Gasteiger partial charge < -0.3 is 15.5 Å². The highest BCUT2D eigenvalue weighted by atomic mass is 17.1. The summed E-state index contributed by atoms with van der Waals surface area (Å²) in [4.78, 5) is 33.8. The third kappa shape index (κ3) is 6.95. The predicted molar refractivity (Wildman–Crippen MR) is 141 cm³/mol. The highest BCUT2D eigenvalue weighted by Gasteiger charge is 2.17. The van der Waals surface area contributed by atoms with Gasteiger partial charge in [-0.25, -0.2) is 9.68 Å². The van der Waals surface area contributed by atoms with Gasteiger partial charge in [0.25, 0.3) is 5.91 Å². The number of anilines is 2. The molecule has 0 saturated heterocycles. The molecule has 0 unspecified atom stereocenters. The fourth-order valence-electron chi connectivity index (χ4n) is 3.84. The Balaban J connectivity index is 1.30. The van der Waals surface area contributed by atoms with Crippen LogP contribution in [0.25, 0.3) is 0 Å². The van der Waals surface area contributed by atoms with Crippen LogP contribution in [0, 0.1) is 0 Å². The van der Waals surface area contributed by atoms with Gasteiger partial charge >= 0.3 is 5.97 Å². The van der Waals surface area contributed by atoms with Gasteiger partial charge in [-0.1, -0.05) is 48.5 Å². The third-order valence-electron chi connectivity index (χ3n) is 5.81. The highest BCUT2D eigenvalue weighted by Crippen LogP contribution is 2.20. The number of carboxylic acid groups (broad SMARTS) is 1. The molecule has 0 spiro atoms. The first-order valence-electron chi connectivity index (χ1n) is 11.7. The number of phenolic OH excluding ortho intramolecular Hbond substituents is 1. The van der Waals surface area contributed by atoms with Gasteiger partial charge in [0.05, 0.1) is 23.4 Å². The van der Waals surface area contributed by atoms with E-state index in [1.165, 1.54) is 12.1 Å². The Labute approximate surface area is 218 Å². The van der Waals surface area contributed by atoms with Crippen molar-refractivity contribution in [1.29, 1.82) is 0 Å². The minimum absolute atomic E-state index is 0.0881. The minimum atomic E-state index is -1.25. The molecule has 0 aliphatic carbocycles. The second kappa shape index (κ2) is 12.5. The van der Waals surface area contributed by atoms with Crippen LogP contribution in [-0.4, -0.2) is 27.3 Å². The van der Waals surface area contributed by atoms with Gasteiger partial charge in [0.15, 0.2) is 0 Å². The molecular weight excluding hydrogens is 488 g/mol. The molecule has 0 aliphatic rings. The molecule has 9 nitrogen and oxygen atoms in total. The van der Waals surface area contributed by atoms with Crippen LogP contribution in [0.4, 0.5) is 11.4 Å². The number of carbonyl (C=O) groups excluding carboxylic acids is 1. The van der Waals surface area contributed by atoms with Gasteiger partial charge in [0.2, 0.25) is 0 Å². The van der Waals surface area contributed by atoms with Crippen LogP contribution in [-0.2, 0) is 29.4 Å². The molecule has 0 aromatic heterocycles. The zero-order valence-electron chi connectivity index (χ0n) is 20.3. The van der Waals surface area contributed by atoms with Crippen LogP contribution in [0.1, 0.15) is 43.0 Å². The van der Waals surface area contributed by atoms with Crippen LogP contribution in [0.3, 0.4) is 0 Å². The fourth-order valence-corrected chi connectivity index (χ4v) is 3.84. The number of aromatic carboxylic acids is 1. The van der Waals surface area contributed by atoms with Crippen molar-refractivity contribution in [2.45, 2.75) is 19.6 Å². The quantitative estimate of drug-likeness (QED) is 0.131. The molecule has 4 aromatic rings. The number of amides is 1. The Bertz CT molecular complexity index is 1400. The molecule has 0 bridgehead atoms. The maximum atomic E-state index is 12.6. The monoisotopic (exact) mass is 514 g/mol. The molecular formula is C29H26N2O7. The SMILES string of the molecule is O=C(O)c1ccc(O)cc1C(=O)Nc1ccc(Cc2ccc(NOCc3ccccc3COO)cc2)cc1. The first kappa shape index (κ1) is 26.4. The second-order valence-corrected chi connectivity index (χ2v) is 8.49. The van der Waals surface area contributed by atoms with Crippen LogP contribution in [0.15, 0.2) is 91.0 Å². The van der Waals surface area contributed by atoms with E-state index < -0.39 is 11.9 Å². The lowest BCUT2D eigenvalue weighted by molar-refractivity contribution is -0.253. The average molecular weight is 515 g/mol. The number of hydrogen-bond acceptors (Lipinski definition) is 7. The molecule has 38 heavy (non-hydrogen) atoms. The van der Waals surface area contributed by atoms with Crippen molar-refractivity contribution >= 4 is 23.3 Å². The summed E-state index contributed by atoms with van der Waals surface area (Å²) in [5, 5.41) is 30.3. The molecule has 1 amide bonds. The maximum Gasteiger partial charge on any atom is 0.336 e. The lowest BCUT2D eigenvalue weighted by Gasteiger charge is -2.11. The molecule has 0 heterocycles. The van der Waals surface area contributed by atoms with Crippen molar-refractivity contribution < 1.29 is 34.8 Å². The lowest BCUT2D eigenvalue weighted by atomic mass is 10.0. The molecule has 4 aromatic carbocycles. The van der Waals surface area contributed by atoms with Crippen LogP contribution in [0.5, 0.6) is 5.75 Å². The van der Waals surface area contributed by atoms with Gasteiger partial charge in [-0.3, -0.25) is 20.4 Å². The Kier molecular flexibility index (Phi) is 8.68. The van der Waals surface area contributed by atoms with E-state index >= 15 is 0 Å². The molecule has 5 N–H and O–H groups in total. The number of aromatic hydroxyl groups is 1. The van der Waals surface area contributed by atoms with E-state index in [9.17, 15) is 19.8 Å². The van der Waals surface area contributed by atoms with Crippen molar-refractivity contribution in [3.05, 3.63) is 124 Å². The zero-order chi connectivity index (χ0) is 26.9. The van der Waals surface area contributed by atoms with E-state index in [1.807, 2.05) is 60.7 Å². The number of carboxylic acids is 1. The molecule has 194 valence electrons. The average Bonchev–Trinajstić information content (AvgIpc) is 2.91. The number of hydrogen-bond donors (Lipinski definition) is 5. The maximum absolute atomic E-state index is 12.6. The highest BCUT2D eigenvalue weighted by molar-refractivity contribution is 6.10. The van der Waals surface area contributed by atoms with Crippen LogP contribution < -0.4 is 10.8 Å². The largest absolute Gasteiger partial charge is 0.508 e. The molecule has 9 heteroatoms. The summed E-state index contributed by atoms with van der Waals surface area (Å²) in [5.41, 5.74) is 7.71. The predicted octanol–water partition coefficient (Wildman–Crippen LogP) is 5.47. The van der Waals surface area contributed by atoms with E-state index in [2.05, 4.69) is 15.7 Å². The van der Waals surface area contributed by atoms with Crippen molar-refractivity contribution in [2.24, 2.45) is 0 Å². The van der Waals surface area contributed by atoms with Gasteiger partial charge in [0.1, 0.15) is 12.4 Å². The second-order valence-electron chi connectivity index (χ2n) is 8.49. The lowest BCUT2D eigenvalue weighted by Crippen LogP contribution is -2.16. The first-order chi connectivity index (χ1) is 18.4. The molecule has 0 aliphatic heterocycles. The number of carbonyl (C=O) groups is 2. The van der Waals surface area contributed by atoms with E-state index in [1.54, 1.807) is 12.1 Å². The number of benzene rings is 4. The third-order valence-corrected chi connectivity index (χ3v) is 5.81. The topological polar surface area (TPSA) is 137 Å². The van der Waals surface area contributed by atoms with E-state index in [0.717, 1.165) is 34.0 Å². The van der Waals surface area contributed by atoms with Crippen molar-refractivity contribution in [1.82, 2.24) is 0 Å². The molecule has 4 rings (SSSR count). The van der Waals surface area contributed by atoms with E-state index in [4.69, 9.17) is 10.1 Å². The summed E-state index contributed by atoms with van der Waals surface area (Å²) in [6.07, 6.45) is 0.666. The summed E-state index contributed by atoms with van der Waals surface area (Å²) in [6.45, 7) is 0.387. The van der Waals surface area contributed by atoms with Gasteiger partial charge in [0, 0.05) is 5.69 Å². The first-order valence-corrected chi connectivity index (χ1v) is 11.7. The molecule has 0 saturated carbocycles. The Morgan fingerprint density at radius 2 is 1.34 bits per heavy atom.